The average Bonchev–Trinajstić information content (AvgIpc) is 2.92. The van der Waals surface area contributed by atoms with Crippen LogP contribution in [0.25, 0.3) is 0 Å². The van der Waals surface area contributed by atoms with Crippen LogP contribution in [0.1, 0.15) is 137 Å². The monoisotopic (exact) mass is 609 g/mol. The molecule has 36 heavy (non-hydrogen) atoms. The van der Waals surface area contributed by atoms with Gasteiger partial charge >= 0.3 is 230 Å². The van der Waals surface area contributed by atoms with Crippen LogP contribution in [0, 0.1) is 0 Å². The fraction of sp³-hybridized carbons (Fsp3) is 0.935. The van der Waals surface area contributed by atoms with Crippen LogP contribution < -0.4 is 0 Å². The Labute approximate surface area is 229 Å². The van der Waals surface area contributed by atoms with Crippen LogP contribution in [0.4, 0.5) is 0 Å². The summed E-state index contributed by atoms with van der Waals surface area (Å²) in [4.78, 5) is 8.49. The van der Waals surface area contributed by atoms with Crippen LogP contribution in [0.2, 0.25) is 0 Å². The predicted molar refractivity (Wildman–Crippen MR) is 160 cm³/mol. The van der Waals surface area contributed by atoms with E-state index in [1.54, 1.807) is 38.5 Å². The van der Waals surface area contributed by atoms with E-state index in [1.165, 1.54) is 77.3 Å². The van der Waals surface area contributed by atoms with Crippen LogP contribution in [0.15, 0.2) is 0 Å². The van der Waals surface area contributed by atoms with Gasteiger partial charge in [-0.2, -0.15) is 0 Å². The summed E-state index contributed by atoms with van der Waals surface area (Å²) in [6, 6.07) is 1.20. The van der Waals surface area contributed by atoms with Crippen molar-refractivity contribution < 1.29 is 19.3 Å². The van der Waals surface area contributed by atoms with Gasteiger partial charge in [-0.1, -0.05) is 0 Å². The second-order valence-corrected chi connectivity index (χ2v) is 26.3. The van der Waals surface area contributed by atoms with E-state index >= 15 is 0 Å². The van der Waals surface area contributed by atoms with Gasteiger partial charge in [0.2, 0.25) is 0 Å². The third kappa shape index (κ3) is 6.35. The summed E-state index contributed by atoms with van der Waals surface area (Å²) in [5.41, 5.74) is 1.50. The minimum atomic E-state index is -1.68. The van der Waals surface area contributed by atoms with Crippen LogP contribution >= 0.6 is 5.59 Å². The molecule has 0 atom stereocenters. The Morgan fingerprint density at radius 3 is 1.42 bits per heavy atom. The molecule has 1 saturated heterocycles. The second-order valence-electron chi connectivity index (χ2n) is 12.8. The minimum absolute atomic E-state index is 0.601. The van der Waals surface area contributed by atoms with E-state index in [1.807, 2.05) is 4.35 Å². The molecule has 0 N–H and O–H groups in total. The molecule has 0 spiro atoms. The van der Waals surface area contributed by atoms with Gasteiger partial charge in [-0.25, -0.2) is 0 Å². The Kier molecular flexibility index (Phi) is 11.8. The molecular formula is C31H60N2OPRu. The zero-order chi connectivity index (χ0) is 25.5. The summed E-state index contributed by atoms with van der Waals surface area (Å²) in [6.07, 6.45) is 24.2. The molecule has 3 aliphatic carbocycles. The van der Waals surface area contributed by atoms with Gasteiger partial charge in [-0.15, -0.1) is 0 Å². The topological polar surface area (TPSA) is 15.7 Å². The molecule has 0 unspecified atom stereocenters. The van der Waals surface area contributed by atoms with Crippen molar-refractivity contribution in [3.8, 4) is 0 Å². The number of nitrogens with zero attached hydrogens (tertiary/aromatic N) is 2. The maximum absolute atomic E-state index is 6.58. The molecule has 1 aliphatic heterocycles. The van der Waals surface area contributed by atoms with Gasteiger partial charge in [0, 0.05) is 0 Å². The van der Waals surface area contributed by atoms with Gasteiger partial charge in [-0.05, 0) is 0 Å². The Balaban J connectivity index is 2.03. The third-order valence-electron chi connectivity index (χ3n) is 9.98. The van der Waals surface area contributed by atoms with E-state index in [4.69, 9.17) is 4.74 Å². The molecule has 0 bridgehead atoms. The van der Waals surface area contributed by atoms with Gasteiger partial charge in [0.05, 0.1) is 0 Å². The average molecular weight is 609 g/mol. The van der Waals surface area contributed by atoms with E-state index in [9.17, 15) is 0 Å². The fourth-order valence-electron chi connectivity index (χ4n) is 8.35. The number of ether oxygens (including phenoxy) is 1. The molecule has 0 aromatic heterocycles. The van der Waals surface area contributed by atoms with Crippen molar-refractivity contribution in [2.75, 3.05) is 19.7 Å². The van der Waals surface area contributed by atoms with E-state index in [0.29, 0.717) is 12.1 Å². The van der Waals surface area contributed by atoms with Crippen LogP contribution in [0.5, 0.6) is 0 Å². The molecule has 4 rings (SSSR count). The molecule has 213 valence electrons. The zero-order valence-corrected chi connectivity index (χ0v) is 27.3. The maximum atomic E-state index is 6.58. The Morgan fingerprint density at radius 2 is 1.08 bits per heavy atom. The predicted octanol–water partition coefficient (Wildman–Crippen LogP) is 7.98. The van der Waals surface area contributed by atoms with E-state index in [0.717, 1.165) is 23.6 Å². The molecule has 0 aromatic carbocycles. The Bertz CT molecular complexity index is 693. The van der Waals surface area contributed by atoms with Gasteiger partial charge in [0.1, 0.15) is 0 Å². The van der Waals surface area contributed by atoms with E-state index < -0.39 is 20.2 Å². The summed E-state index contributed by atoms with van der Waals surface area (Å²) in [5, 5.41) is 0. The van der Waals surface area contributed by atoms with Crippen molar-refractivity contribution in [1.82, 2.24) is 9.80 Å². The summed E-state index contributed by atoms with van der Waals surface area (Å²) in [7, 11) is 0. The first kappa shape index (κ1) is 29.7. The normalized spacial score (nSPS) is 26.8. The molecular weight excluding hydrogens is 548 g/mol. The summed E-state index contributed by atoms with van der Waals surface area (Å²) < 4.78 is 8.44. The molecule has 0 radical (unpaired) electrons. The summed E-state index contributed by atoms with van der Waals surface area (Å²) in [5.74, 6) is 0. The molecule has 5 heteroatoms. The van der Waals surface area contributed by atoms with E-state index in [2.05, 4.69) is 49.2 Å². The standard InChI is InChI=1S/C18H33P.C10H20N2.C3H6O.Ru/c1-4-10-16(11-5-1)19(17-12-6-2-7-13-17)18-14-8-3-9-15-18;1-9(2)11-6-5-7-12(8-11)10(3)4;1-3-4-2;/h16-18H,1-15H2;9-10H,5-7H2,1-4H3;2H,3H2,1H3;/q;;;-1/p+1. The first-order valence-electron chi connectivity index (χ1n) is 16.0. The van der Waals surface area contributed by atoms with Gasteiger partial charge in [0.25, 0.3) is 0 Å². The first-order chi connectivity index (χ1) is 17.5. The van der Waals surface area contributed by atoms with Gasteiger partial charge < -0.3 is 0 Å². The number of hydrogen-bond donors (Lipinski definition) is 0. The molecule has 0 aromatic rings. The molecule has 0 amide bonds. The molecule has 3 saturated carbocycles. The SMILES string of the molecule is CCO/[CH]=[Ru](=[C]1N(C(C)C)CCCN1C(C)C)/[PH](C1CCCCC1)(C1CCCCC1)C1CCCCC1. The molecule has 1 heterocycles. The van der Waals surface area contributed by atoms with Crippen LogP contribution in [-0.4, -0.2) is 67.7 Å². The quantitative estimate of drug-likeness (QED) is 0.205. The van der Waals surface area contributed by atoms with Crippen molar-refractivity contribution >= 4 is 14.7 Å². The van der Waals surface area contributed by atoms with Crippen LogP contribution in [-0.2, 0) is 19.3 Å². The third-order valence-corrected chi connectivity index (χ3v) is 31.3. The Hall–Kier alpha value is 0.673. The number of rotatable bonds is 8. The summed E-state index contributed by atoms with van der Waals surface area (Å²) in [6.45, 7) is 15.5. The summed E-state index contributed by atoms with van der Waals surface area (Å²) >= 11 is -1.54. The van der Waals surface area contributed by atoms with Crippen molar-refractivity contribution in [2.24, 2.45) is 0 Å². The van der Waals surface area contributed by atoms with Crippen molar-refractivity contribution in [3.05, 3.63) is 0 Å². The zero-order valence-electron chi connectivity index (χ0n) is 24.6. The fourth-order valence-corrected chi connectivity index (χ4v) is 34.7. The van der Waals surface area contributed by atoms with Crippen molar-refractivity contribution in [2.45, 2.75) is 166 Å². The first-order valence-corrected chi connectivity index (χ1v) is 22.6. The van der Waals surface area contributed by atoms with Crippen molar-refractivity contribution in [3.63, 3.8) is 0 Å². The molecule has 4 fully saturated rings. The van der Waals surface area contributed by atoms with E-state index in [-0.39, 0.29) is 0 Å². The van der Waals surface area contributed by atoms with Gasteiger partial charge in [0.15, 0.2) is 0 Å². The Morgan fingerprint density at radius 1 is 0.694 bits per heavy atom. The van der Waals surface area contributed by atoms with Crippen molar-refractivity contribution in [1.29, 1.82) is 0 Å². The second kappa shape index (κ2) is 14.3. The van der Waals surface area contributed by atoms with Gasteiger partial charge in [-0.3, -0.25) is 0 Å². The molecule has 4 aliphatic rings. The van der Waals surface area contributed by atoms with Crippen LogP contribution in [0.3, 0.4) is 0 Å². The molecule has 3 nitrogen and oxygen atoms in total. The number of hydrogen-bond acceptors (Lipinski definition) is 3.